The summed E-state index contributed by atoms with van der Waals surface area (Å²) in [5.74, 6) is -3.11. The molecule has 3 aromatic rings. The van der Waals surface area contributed by atoms with E-state index >= 15 is 0 Å². The fourth-order valence-electron chi connectivity index (χ4n) is 4.07. The summed E-state index contributed by atoms with van der Waals surface area (Å²) in [4.78, 5) is 38.4. The number of rotatable bonds is 4. The van der Waals surface area contributed by atoms with Crippen LogP contribution in [0.5, 0.6) is 0 Å². The lowest BCUT2D eigenvalue weighted by atomic mass is 10.1. The van der Waals surface area contributed by atoms with Crippen molar-refractivity contribution in [1.29, 1.82) is 0 Å². The Labute approximate surface area is 200 Å². The van der Waals surface area contributed by atoms with E-state index in [1.165, 1.54) is 30.3 Å². The molecule has 1 aliphatic heterocycles. The molecule has 2 aromatic carbocycles. The Morgan fingerprint density at radius 3 is 2.41 bits per heavy atom. The van der Waals surface area contributed by atoms with Gasteiger partial charge in [-0.25, -0.2) is 14.1 Å². The van der Waals surface area contributed by atoms with E-state index in [-0.39, 0.29) is 21.9 Å². The summed E-state index contributed by atoms with van der Waals surface area (Å²) in [5, 5.41) is 11.7. The smallest absolute Gasteiger partial charge is 0.336 e. The number of aryl methyl sites for hydroxylation is 1. The second-order valence-electron chi connectivity index (χ2n) is 7.83. The molecule has 7 nitrogen and oxygen atoms in total. The van der Waals surface area contributed by atoms with E-state index in [0.717, 1.165) is 10.6 Å². The van der Waals surface area contributed by atoms with Crippen LogP contribution in [-0.4, -0.2) is 32.6 Å². The first kappa shape index (κ1) is 23.1. The highest BCUT2D eigenvalue weighted by molar-refractivity contribution is 7.80. The molecular formula is C25H20FN3O4S. The number of carbonyl (C=O) groups excluding carboxylic acids is 2. The third-order valence-corrected chi connectivity index (χ3v) is 6.03. The fraction of sp³-hybridized carbons (Fsp3) is 0.120. The number of hydrogen-bond acceptors (Lipinski definition) is 4. The topological polar surface area (TPSA) is 91.6 Å². The molecule has 172 valence electrons. The number of aromatic nitrogens is 1. The van der Waals surface area contributed by atoms with Crippen molar-refractivity contribution < 1.29 is 23.9 Å². The Balaban J connectivity index is 1.81. The van der Waals surface area contributed by atoms with E-state index in [0.29, 0.717) is 22.5 Å². The molecule has 0 saturated carbocycles. The van der Waals surface area contributed by atoms with Crippen LogP contribution in [0.1, 0.15) is 32.9 Å². The van der Waals surface area contributed by atoms with E-state index in [1.54, 1.807) is 38.1 Å². The first-order valence-corrected chi connectivity index (χ1v) is 10.7. The predicted molar refractivity (Wildman–Crippen MR) is 130 cm³/mol. The largest absolute Gasteiger partial charge is 0.478 e. The van der Waals surface area contributed by atoms with E-state index in [1.807, 2.05) is 11.5 Å². The second kappa shape index (κ2) is 8.68. The van der Waals surface area contributed by atoms with Gasteiger partial charge in [0.15, 0.2) is 5.11 Å². The molecule has 1 fully saturated rings. The van der Waals surface area contributed by atoms with Crippen molar-refractivity contribution in [2.24, 2.45) is 0 Å². The minimum absolute atomic E-state index is 0.0602. The second-order valence-corrected chi connectivity index (χ2v) is 8.21. The fourth-order valence-corrected chi connectivity index (χ4v) is 4.34. The SMILES string of the molecule is Cc1c(C(=O)O)cccc1-n1c(C)cc(/C=C2\C(=O)NC(=S)N(c3ccccc3F)C2=O)c1C. The van der Waals surface area contributed by atoms with Gasteiger partial charge in [-0.15, -0.1) is 0 Å². The molecule has 2 heterocycles. The number of amides is 2. The maximum Gasteiger partial charge on any atom is 0.336 e. The van der Waals surface area contributed by atoms with E-state index < -0.39 is 23.6 Å². The highest BCUT2D eigenvalue weighted by atomic mass is 32.1. The summed E-state index contributed by atoms with van der Waals surface area (Å²) in [5.41, 5.74) is 3.23. The van der Waals surface area contributed by atoms with Gasteiger partial charge in [0.1, 0.15) is 11.4 Å². The molecule has 0 bridgehead atoms. The number of hydrogen-bond donors (Lipinski definition) is 2. The van der Waals surface area contributed by atoms with Gasteiger partial charge in [0.2, 0.25) is 0 Å². The summed E-state index contributed by atoms with van der Waals surface area (Å²) in [6, 6.07) is 12.4. The van der Waals surface area contributed by atoms with Gasteiger partial charge < -0.3 is 9.67 Å². The van der Waals surface area contributed by atoms with Crippen molar-refractivity contribution in [3.8, 4) is 5.69 Å². The molecule has 1 aliphatic rings. The average Bonchev–Trinajstić information content (AvgIpc) is 3.05. The van der Waals surface area contributed by atoms with Crippen LogP contribution in [0.2, 0.25) is 0 Å². The highest BCUT2D eigenvalue weighted by Gasteiger charge is 2.36. The Hall–Kier alpha value is -4.11. The molecule has 0 unspecified atom stereocenters. The third kappa shape index (κ3) is 3.80. The highest BCUT2D eigenvalue weighted by Crippen LogP contribution is 2.29. The minimum atomic E-state index is -1.03. The average molecular weight is 478 g/mol. The molecule has 0 aliphatic carbocycles. The molecule has 9 heteroatoms. The Morgan fingerprint density at radius 1 is 1.06 bits per heavy atom. The lowest BCUT2D eigenvalue weighted by Gasteiger charge is -2.29. The number of anilines is 1. The van der Waals surface area contributed by atoms with Gasteiger partial charge in [0.25, 0.3) is 11.8 Å². The number of para-hydroxylation sites is 1. The quantitative estimate of drug-likeness (QED) is 0.336. The van der Waals surface area contributed by atoms with Crippen LogP contribution in [0.25, 0.3) is 11.8 Å². The number of benzene rings is 2. The molecule has 2 amide bonds. The number of aromatic carboxylic acids is 1. The number of thiocarbonyl (C=S) groups is 1. The zero-order valence-electron chi connectivity index (χ0n) is 18.5. The van der Waals surface area contributed by atoms with Crippen molar-refractivity contribution in [1.82, 2.24) is 9.88 Å². The maximum absolute atomic E-state index is 14.4. The van der Waals surface area contributed by atoms with Gasteiger partial charge in [-0.05, 0) is 80.5 Å². The Kier molecular flexibility index (Phi) is 5.89. The lowest BCUT2D eigenvalue weighted by molar-refractivity contribution is -0.122. The van der Waals surface area contributed by atoms with Gasteiger partial charge in [-0.2, -0.15) is 0 Å². The maximum atomic E-state index is 14.4. The Bertz CT molecular complexity index is 1420. The summed E-state index contributed by atoms with van der Waals surface area (Å²) in [6.45, 7) is 5.36. The number of carbonyl (C=O) groups is 3. The molecule has 2 N–H and O–H groups in total. The summed E-state index contributed by atoms with van der Waals surface area (Å²) in [6.07, 6.45) is 1.43. The predicted octanol–water partition coefficient (Wildman–Crippen LogP) is 4.07. The van der Waals surface area contributed by atoms with Crippen molar-refractivity contribution in [3.05, 3.63) is 88.0 Å². The molecule has 0 atom stereocenters. The van der Waals surface area contributed by atoms with E-state index in [9.17, 15) is 23.9 Å². The molecule has 0 spiro atoms. The summed E-state index contributed by atoms with van der Waals surface area (Å²) >= 11 is 5.13. The van der Waals surface area contributed by atoms with Gasteiger partial charge in [0, 0.05) is 17.1 Å². The third-order valence-electron chi connectivity index (χ3n) is 5.74. The van der Waals surface area contributed by atoms with Crippen LogP contribution < -0.4 is 10.2 Å². The van der Waals surface area contributed by atoms with Gasteiger partial charge in [-0.3, -0.25) is 14.9 Å². The molecule has 1 saturated heterocycles. The van der Waals surface area contributed by atoms with Crippen molar-refractivity contribution >= 4 is 46.9 Å². The normalized spacial score (nSPS) is 15.1. The van der Waals surface area contributed by atoms with Crippen LogP contribution >= 0.6 is 12.2 Å². The van der Waals surface area contributed by atoms with Crippen LogP contribution in [-0.2, 0) is 9.59 Å². The molecular weight excluding hydrogens is 457 g/mol. The van der Waals surface area contributed by atoms with Crippen molar-refractivity contribution in [2.45, 2.75) is 20.8 Å². The van der Waals surface area contributed by atoms with Crippen LogP contribution in [0.3, 0.4) is 0 Å². The summed E-state index contributed by atoms with van der Waals surface area (Å²) in [7, 11) is 0. The molecule has 0 radical (unpaired) electrons. The van der Waals surface area contributed by atoms with Crippen molar-refractivity contribution in [2.75, 3.05) is 4.90 Å². The zero-order valence-corrected chi connectivity index (χ0v) is 19.4. The zero-order chi connectivity index (χ0) is 24.7. The standard InChI is InChI=1S/C25H20FN3O4S/c1-13-11-16(15(3)28(13)20-10-6-7-17(14(20)2)24(32)33)12-18-22(30)27-25(34)29(23(18)31)21-9-5-4-8-19(21)26/h4-12H,1-3H3,(H,32,33)(H,27,30,34)/b18-12+. The molecule has 4 rings (SSSR count). The lowest BCUT2D eigenvalue weighted by Crippen LogP contribution is -2.54. The first-order valence-electron chi connectivity index (χ1n) is 10.3. The van der Waals surface area contributed by atoms with Gasteiger partial charge >= 0.3 is 5.97 Å². The van der Waals surface area contributed by atoms with Crippen molar-refractivity contribution in [3.63, 3.8) is 0 Å². The van der Waals surface area contributed by atoms with E-state index in [4.69, 9.17) is 12.2 Å². The Morgan fingerprint density at radius 2 is 1.74 bits per heavy atom. The van der Waals surface area contributed by atoms with Crippen LogP contribution in [0, 0.1) is 26.6 Å². The van der Waals surface area contributed by atoms with Crippen LogP contribution in [0.4, 0.5) is 10.1 Å². The first-order chi connectivity index (χ1) is 16.1. The van der Waals surface area contributed by atoms with Gasteiger partial charge in [-0.1, -0.05) is 18.2 Å². The number of halogens is 1. The molecule has 34 heavy (non-hydrogen) atoms. The van der Waals surface area contributed by atoms with Gasteiger partial charge in [0.05, 0.1) is 11.3 Å². The number of carboxylic acid groups (broad SMARTS) is 1. The molecule has 1 aromatic heterocycles. The number of nitrogens with one attached hydrogen (secondary N) is 1. The minimum Gasteiger partial charge on any atom is -0.478 e. The number of nitrogens with zero attached hydrogens (tertiary/aromatic N) is 2. The summed E-state index contributed by atoms with van der Waals surface area (Å²) < 4.78 is 16.2. The monoisotopic (exact) mass is 477 g/mol. The number of carboxylic acids is 1. The van der Waals surface area contributed by atoms with Crippen LogP contribution in [0.15, 0.2) is 54.1 Å². The van der Waals surface area contributed by atoms with E-state index in [2.05, 4.69) is 5.32 Å².